The lowest BCUT2D eigenvalue weighted by Crippen LogP contribution is -2.31. The van der Waals surface area contributed by atoms with Crippen molar-refractivity contribution in [2.24, 2.45) is 11.8 Å². The van der Waals surface area contributed by atoms with Crippen LogP contribution in [0.5, 0.6) is 17.2 Å². The van der Waals surface area contributed by atoms with Gasteiger partial charge >= 0.3 is 12.6 Å². The fraction of sp³-hybridized carbons (Fsp3) is 0.406. The van der Waals surface area contributed by atoms with E-state index in [0.717, 1.165) is 31.9 Å². The highest BCUT2D eigenvalue weighted by atomic mass is 35.5. The number of pyridine rings is 1. The maximum atomic E-state index is 13.1. The van der Waals surface area contributed by atoms with Crippen LogP contribution in [0.25, 0.3) is 0 Å². The van der Waals surface area contributed by atoms with Crippen molar-refractivity contribution in [1.29, 1.82) is 0 Å². The Hall–Kier alpha value is -3.88. The molecule has 0 unspecified atom stereocenters. The van der Waals surface area contributed by atoms with E-state index in [9.17, 15) is 26.8 Å². The molecule has 48 heavy (non-hydrogen) atoms. The number of carbonyl (C=O) groups excluding carboxylic acids is 2. The SMILES string of the molecule is CS(=O)(=O)Nc1ccc(C(=O)NCC(=O)O[C@@H](Cc2c(Cl)cncc2Cl)c2ccc(OC(F)F)c(OCC3CC3)c2)cc1OCC1CC1. The topological polar surface area (TPSA) is 142 Å². The van der Waals surface area contributed by atoms with Crippen molar-refractivity contribution >= 4 is 50.8 Å². The average molecular weight is 729 g/mol. The van der Waals surface area contributed by atoms with Crippen LogP contribution < -0.4 is 24.2 Å². The molecule has 0 bridgehead atoms. The highest BCUT2D eigenvalue weighted by molar-refractivity contribution is 7.92. The van der Waals surface area contributed by atoms with Gasteiger partial charge in [-0.3, -0.25) is 19.3 Å². The van der Waals surface area contributed by atoms with Crippen LogP contribution in [0.2, 0.25) is 10.0 Å². The van der Waals surface area contributed by atoms with E-state index < -0.39 is 41.2 Å². The summed E-state index contributed by atoms with van der Waals surface area (Å²) in [4.78, 5) is 30.1. The molecule has 3 aromatic rings. The number of hydrogen-bond donors (Lipinski definition) is 2. The lowest BCUT2D eigenvalue weighted by molar-refractivity contribution is -0.148. The number of hydrogen-bond acceptors (Lipinski definition) is 9. The summed E-state index contributed by atoms with van der Waals surface area (Å²) in [5.41, 5.74) is 1.09. The van der Waals surface area contributed by atoms with Gasteiger partial charge in [0.1, 0.15) is 18.4 Å². The summed E-state index contributed by atoms with van der Waals surface area (Å²) < 4.78 is 74.3. The predicted molar refractivity (Wildman–Crippen MR) is 174 cm³/mol. The van der Waals surface area contributed by atoms with Crippen molar-refractivity contribution in [2.75, 3.05) is 30.7 Å². The summed E-state index contributed by atoms with van der Waals surface area (Å²) in [5.74, 6) is -0.749. The van der Waals surface area contributed by atoms with Crippen LogP contribution in [0, 0.1) is 11.8 Å². The van der Waals surface area contributed by atoms with E-state index in [-0.39, 0.29) is 45.0 Å². The molecule has 2 aliphatic rings. The van der Waals surface area contributed by atoms with Crippen molar-refractivity contribution in [1.82, 2.24) is 10.3 Å². The number of rotatable bonds is 17. The molecule has 0 saturated heterocycles. The summed E-state index contributed by atoms with van der Waals surface area (Å²) in [6, 6.07) is 8.39. The molecule has 0 radical (unpaired) electrons. The van der Waals surface area contributed by atoms with Crippen LogP contribution in [0.15, 0.2) is 48.8 Å². The summed E-state index contributed by atoms with van der Waals surface area (Å²) >= 11 is 12.7. The largest absolute Gasteiger partial charge is 0.491 e. The number of carbonyl (C=O) groups is 2. The third kappa shape index (κ3) is 10.6. The second kappa shape index (κ2) is 15.6. The van der Waals surface area contributed by atoms with Gasteiger partial charge in [-0.15, -0.1) is 0 Å². The number of ether oxygens (including phenoxy) is 4. The van der Waals surface area contributed by atoms with E-state index in [0.29, 0.717) is 36.2 Å². The molecule has 2 aromatic carbocycles. The summed E-state index contributed by atoms with van der Waals surface area (Å²) in [6.45, 7) is -2.96. The third-order valence-electron chi connectivity index (χ3n) is 7.45. The standard InChI is InChI=1S/C32H33Cl2F2N3O8S/c1-48(42,43)39-25-8-6-21(11-28(25)44-16-18-2-3-18)31(41)38-15-30(40)46-27(12-22-23(33)13-37-14-24(22)34)20-7-9-26(47-32(35)36)29(10-20)45-17-19-4-5-19/h6-11,13-14,18-19,27,32,39H,2-5,12,15-17H2,1H3,(H,38,41)/t27-/m0/s1. The van der Waals surface area contributed by atoms with Gasteiger partial charge in [0.05, 0.1) is 35.2 Å². The van der Waals surface area contributed by atoms with Crippen molar-refractivity contribution in [3.8, 4) is 17.2 Å². The molecule has 2 saturated carbocycles. The molecular formula is C32H33Cl2F2N3O8S. The quantitative estimate of drug-likeness (QED) is 0.156. The second-order valence-electron chi connectivity index (χ2n) is 11.6. The maximum absolute atomic E-state index is 13.1. The molecule has 16 heteroatoms. The first kappa shape index (κ1) is 35.4. The number of halogens is 4. The normalized spacial score (nSPS) is 15.0. The van der Waals surface area contributed by atoms with Gasteiger partial charge in [-0.1, -0.05) is 29.3 Å². The molecule has 1 aromatic heterocycles. The molecule has 1 amide bonds. The smallest absolute Gasteiger partial charge is 0.387 e. The fourth-order valence-electron chi connectivity index (χ4n) is 4.58. The molecule has 2 fully saturated rings. The minimum atomic E-state index is -3.61. The van der Waals surface area contributed by atoms with Crippen LogP contribution in [0.1, 0.15) is 53.3 Å². The Morgan fingerprint density at radius 1 is 0.938 bits per heavy atom. The fourth-order valence-corrected chi connectivity index (χ4v) is 5.67. The Morgan fingerprint density at radius 2 is 1.58 bits per heavy atom. The Balaban J connectivity index is 1.32. The van der Waals surface area contributed by atoms with Gasteiger partial charge in [-0.25, -0.2) is 8.42 Å². The Morgan fingerprint density at radius 3 is 2.19 bits per heavy atom. The first-order valence-electron chi connectivity index (χ1n) is 15.1. The number of amides is 1. The minimum Gasteiger partial charge on any atom is -0.491 e. The number of nitrogens with one attached hydrogen (secondary N) is 2. The second-order valence-corrected chi connectivity index (χ2v) is 14.2. The highest BCUT2D eigenvalue weighted by Gasteiger charge is 2.27. The number of sulfonamides is 1. The zero-order chi connectivity index (χ0) is 34.4. The molecule has 11 nitrogen and oxygen atoms in total. The Kier molecular flexibility index (Phi) is 11.5. The number of anilines is 1. The molecule has 2 N–H and O–H groups in total. The monoisotopic (exact) mass is 727 g/mol. The molecule has 1 atom stereocenters. The van der Waals surface area contributed by atoms with Gasteiger partial charge < -0.3 is 24.3 Å². The first-order chi connectivity index (χ1) is 22.8. The lowest BCUT2D eigenvalue weighted by Gasteiger charge is -2.22. The van der Waals surface area contributed by atoms with Crippen LogP contribution in [0.4, 0.5) is 14.5 Å². The van der Waals surface area contributed by atoms with Crippen LogP contribution in [-0.2, 0) is 26.0 Å². The molecule has 0 spiro atoms. The van der Waals surface area contributed by atoms with Crippen molar-refractivity contribution < 1.29 is 45.7 Å². The minimum absolute atomic E-state index is 0.0204. The summed E-state index contributed by atoms with van der Waals surface area (Å²) in [6.07, 6.45) is 6.63. The molecular weight excluding hydrogens is 695 g/mol. The van der Waals surface area contributed by atoms with Crippen LogP contribution in [-0.4, -0.2) is 57.9 Å². The molecule has 0 aliphatic heterocycles. The van der Waals surface area contributed by atoms with Gasteiger partial charge in [0.15, 0.2) is 11.5 Å². The molecule has 1 heterocycles. The van der Waals surface area contributed by atoms with Crippen molar-refractivity contribution in [3.63, 3.8) is 0 Å². The predicted octanol–water partition coefficient (Wildman–Crippen LogP) is 6.20. The van der Waals surface area contributed by atoms with Gasteiger partial charge in [-0.2, -0.15) is 8.78 Å². The van der Waals surface area contributed by atoms with E-state index in [1.54, 1.807) is 0 Å². The highest BCUT2D eigenvalue weighted by Crippen LogP contribution is 2.38. The first-order valence-corrected chi connectivity index (χ1v) is 17.7. The Bertz CT molecular complexity index is 1740. The number of esters is 1. The molecule has 5 rings (SSSR count). The zero-order valence-electron chi connectivity index (χ0n) is 25.7. The van der Waals surface area contributed by atoms with Gasteiger partial charge in [0, 0.05) is 24.4 Å². The van der Waals surface area contributed by atoms with E-state index in [4.69, 9.17) is 37.4 Å². The number of alkyl halides is 2. The van der Waals surface area contributed by atoms with Crippen LogP contribution >= 0.6 is 23.2 Å². The van der Waals surface area contributed by atoms with E-state index in [1.165, 1.54) is 48.8 Å². The molecule has 258 valence electrons. The van der Waals surface area contributed by atoms with Gasteiger partial charge in [0.2, 0.25) is 10.0 Å². The zero-order valence-corrected chi connectivity index (χ0v) is 28.0. The third-order valence-corrected chi connectivity index (χ3v) is 8.69. The van der Waals surface area contributed by atoms with Crippen molar-refractivity contribution in [3.05, 3.63) is 75.5 Å². The molecule has 2 aliphatic carbocycles. The lowest BCUT2D eigenvalue weighted by atomic mass is 10.0. The van der Waals surface area contributed by atoms with E-state index in [1.807, 2.05) is 0 Å². The maximum Gasteiger partial charge on any atom is 0.387 e. The van der Waals surface area contributed by atoms with E-state index >= 15 is 0 Å². The Labute approximate surface area is 286 Å². The van der Waals surface area contributed by atoms with Crippen LogP contribution in [0.3, 0.4) is 0 Å². The van der Waals surface area contributed by atoms with Gasteiger partial charge in [-0.05, 0) is 79.0 Å². The number of benzene rings is 2. The average Bonchev–Trinajstić information content (AvgIpc) is 3.95. The van der Waals surface area contributed by atoms with Crippen molar-refractivity contribution in [2.45, 2.75) is 44.8 Å². The number of nitrogens with zero attached hydrogens (tertiary/aromatic N) is 1. The summed E-state index contributed by atoms with van der Waals surface area (Å²) in [5, 5.41) is 2.93. The van der Waals surface area contributed by atoms with E-state index in [2.05, 4.69) is 19.8 Å². The number of aromatic nitrogens is 1. The van der Waals surface area contributed by atoms with Gasteiger partial charge in [0.25, 0.3) is 5.91 Å². The summed E-state index contributed by atoms with van der Waals surface area (Å²) in [7, 11) is -3.61.